The molecule has 3 aromatic rings. The van der Waals surface area contributed by atoms with Crippen LogP contribution in [0.25, 0.3) is 11.1 Å². The van der Waals surface area contributed by atoms with Crippen LogP contribution in [-0.4, -0.2) is 30.9 Å². The summed E-state index contributed by atoms with van der Waals surface area (Å²) in [6.07, 6.45) is 3.65. The zero-order valence-corrected chi connectivity index (χ0v) is 14.5. The lowest BCUT2D eigenvalue weighted by Gasteiger charge is -2.29. The van der Waals surface area contributed by atoms with Gasteiger partial charge >= 0.3 is 0 Å². The van der Waals surface area contributed by atoms with E-state index in [1.165, 1.54) is 0 Å². The molecule has 3 rings (SSSR count). The van der Waals surface area contributed by atoms with Crippen molar-refractivity contribution in [3.63, 3.8) is 0 Å². The summed E-state index contributed by atoms with van der Waals surface area (Å²) in [7, 11) is 3.63. The molecule has 1 unspecified atom stereocenters. The average molecular weight is 334 g/mol. The van der Waals surface area contributed by atoms with Crippen molar-refractivity contribution in [1.29, 1.82) is 0 Å². The average Bonchev–Trinajstić information content (AvgIpc) is 2.69. The van der Waals surface area contributed by atoms with Crippen LogP contribution in [0.15, 0.2) is 73.1 Å². The van der Waals surface area contributed by atoms with Gasteiger partial charge in [0.15, 0.2) is 0 Å². The van der Waals surface area contributed by atoms with Gasteiger partial charge in [0.25, 0.3) is 0 Å². The van der Waals surface area contributed by atoms with E-state index in [4.69, 9.17) is 4.74 Å². The zero-order chi connectivity index (χ0) is 17.6. The molecule has 0 bridgehead atoms. The molecular formula is C21H22N2O2. The van der Waals surface area contributed by atoms with Crippen LogP contribution in [0.3, 0.4) is 0 Å². The SMILES string of the molecule is COc1cccc(-c2cncc(N(C)C(CO)c3ccccc3)c2)c1. The summed E-state index contributed by atoms with van der Waals surface area (Å²) in [4.78, 5) is 6.43. The molecule has 2 aromatic carbocycles. The fraction of sp³-hybridized carbons (Fsp3) is 0.190. The van der Waals surface area contributed by atoms with Gasteiger partial charge in [0.05, 0.1) is 31.6 Å². The molecule has 0 radical (unpaired) electrons. The second kappa shape index (κ2) is 7.81. The molecule has 4 nitrogen and oxygen atoms in total. The Hall–Kier alpha value is -2.85. The monoisotopic (exact) mass is 334 g/mol. The Morgan fingerprint density at radius 3 is 2.52 bits per heavy atom. The number of aromatic nitrogens is 1. The molecule has 1 heterocycles. The molecule has 0 spiro atoms. The molecule has 128 valence electrons. The van der Waals surface area contributed by atoms with E-state index in [1.807, 2.05) is 78.9 Å². The first-order chi connectivity index (χ1) is 12.2. The summed E-state index contributed by atoms with van der Waals surface area (Å²) in [5.41, 5.74) is 4.07. The molecule has 1 atom stereocenters. The number of pyridine rings is 1. The van der Waals surface area contributed by atoms with Crippen LogP contribution in [0.4, 0.5) is 5.69 Å². The maximum atomic E-state index is 9.89. The van der Waals surface area contributed by atoms with Crippen LogP contribution in [0.5, 0.6) is 5.75 Å². The lowest BCUT2D eigenvalue weighted by molar-refractivity contribution is 0.264. The number of rotatable bonds is 6. The molecule has 4 heteroatoms. The molecule has 1 aromatic heterocycles. The van der Waals surface area contributed by atoms with Crippen molar-refractivity contribution in [2.24, 2.45) is 0 Å². The summed E-state index contributed by atoms with van der Waals surface area (Å²) >= 11 is 0. The minimum atomic E-state index is -0.122. The van der Waals surface area contributed by atoms with Gasteiger partial charge in [-0.05, 0) is 29.3 Å². The first-order valence-electron chi connectivity index (χ1n) is 8.21. The topological polar surface area (TPSA) is 45.6 Å². The maximum absolute atomic E-state index is 9.89. The lowest BCUT2D eigenvalue weighted by Crippen LogP contribution is -2.27. The fourth-order valence-corrected chi connectivity index (χ4v) is 2.89. The first-order valence-corrected chi connectivity index (χ1v) is 8.21. The molecule has 0 aliphatic carbocycles. The first kappa shape index (κ1) is 17.0. The van der Waals surface area contributed by atoms with Crippen molar-refractivity contribution in [3.8, 4) is 16.9 Å². The van der Waals surface area contributed by atoms with E-state index in [-0.39, 0.29) is 12.6 Å². The summed E-state index contributed by atoms with van der Waals surface area (Å²) in [6.45, 7) is 0.0316. The van der Waals surface area contributed by atoms with Gasteiger partial charge in [-0.25, -0.2) is 0 Å². The second-order valence-electron chi connectivity index (χ2n) is 5.88. The van der Waals surface area contributed by atoms with Gasteiger partial charge in [-0.1, -0.05) is 42.5 Å². The fourth-order valence-electron chi connectivity index (χ4n) is 2.89. The highest BCUT2D eigenvalue weighted by molar-refractivity contribution is 5.68. The summed E-state index contributed by atoms with van der Waals surface area (Å²) in [5, 5.41) is 9.89. The van der Waals surface area contributed by atoms with E-state index in [0.717, 1.165) is 28.1 Å². The third-order valence-electron chi connectivity index (χ3n) is 4.36. The van der Waals surface area contributed by atoms with E-state index < -0.39 is 0 Å². The highest BCUT2D eigenvalue weighted by Crippen LogP contribution is 2.29. The highest BCUT2D eigenvalue weighted by Gasteiger charge is 2.17. The van der Waals surface area contributed by atoms with Crippen molar-refractivity contribution in [3.05, 3.63) is 78.6 Å². The number of methoxy groups -OCH3 is 1. The summed E-state index contributed by atoms with van der Waals surface area (Å²) in [6, 6.07) is 19.8. The van der Waals surface area contributed by atoms with Crippen molar-refractivity contribution >= 4 is 5.69 Å². The number of aliphatic hydroxyl groups is 1. The number of likely N-dealkylation sites (N-methyl/N-ethyl adjacent to an activating group) is 1. The molecule has 25 heavy (non-hydrogen) atoms. The standard InChI is InChI=1S/C21H22N2O2/c1-23(21(15-24)16-7-4-3-5-8-16)19-11-18(13-22-14-19)17-9-6-10-20(12-17)25-2/h3-14,21,24H,15H2,1-2H3. The predicted molar refractivity (Wildman–Crippen MR) is 101 cm³/mol. The van der Waals surface area contributed by atoms with Crippen LogP contribution in [0.2, 0.25) is 0 Å². The molecule has 0 aliphatic heterocycles. The molecule has 0 fully saturated rings. The van der Waals surface area contributed by atoms with Gasteiger partial charge in [-0.3, -0.25) is 4.98 Å². The minimum absolute atomic E-state index is 0.0316. The Morgan fingerprint density at radius 1 is 1.00 bits per heavy atom. The largest absolute Gasteiger partial charge is 0.497 e. The number of hydrogen-bond donors (Lipinski definition) is 1. The van der Waals surface area contributed by atoms with Crippen LogP contribution < -0.4 is 9.64 Å². The van der Waals surface area contributed by atoms with Gasteiger partial charge in [-0.2, -0.15) is 0 Å². The van der Waals surface area contributed by atoms with Crippen molar-refractivity contribution in [2.75, 3.05) is 25.7 Å². The van der Waals surface area contributed by atoms with Crippen LogP contribution in [0, 0.1) is 0 Å². The van der Waals surface area contributed by atoms with Gasteiger partial charge in [0, 0.05) is 18.8 Å². The number of aliphatic hydroxyl groups excluding tert-OH is 1. The van der Waals surface area contributed by atoms with Gasteiger partial charge < -0.3 is 14.7 Å². The predicted octanol–water partition coefficient (Wildman–Crippen LogP) is 3.93. The molecule has 0 amide bonds. The van der Waals surface area contributed by atoms with Crippen molar-refractivity contribution in [2.45, 2.75) is 6.04 Å². The van der Waals surface area contributed by atoms with E-state index in [0.29, 0.717) is 0 Å². The number of benzene rings is 2. The molecule has 0 saturated heterocycles. The second-order valence-corrected chi connectivity index (χ2v) is 5.88. The highest BCUT2D eigenvalue weighted by atomic mass is 16.5. The maximum Gasteiger partial charge on any atom is 0.119 e. The van der Waals surface area contributed by atoms with E-state index in [2.05, 4.69) is 11.1 Å². The Labute approximate surface area is 148 Å². The normalized spacial score (nSPS) is 11.8. The summed E-state index contributed by atoms with van der Waals surface area (Å²) < 4.78 is 5.30. The Kier molecular flexibility index (Phi) is 5.31. The lowest BCUT2D eigenvalue weighted by atomic mass is 10.0. The molecule has 0 saturated carbocycles. The zero-order valence-electron chi connectivity index (χ0n) is 14.5. The Balaban J connectivity index is 1.92. The number of nitrogens with zero attached hydrogens (tertiary/aromatic N) is 2. The molecular weight excluding hydrogens is 312 g/mol. The number of hydrogen-bond acceptors (Lipinski definition) is 4. The smallest absolute Gasteiger partial charge is 0.119 e. The van der Waals surface area contributed by atoms with E-state index in [1.54, 1.807) is 7.11 Å². The summed E-state index contributed by atoms with van der Waals surface area (Å²) in [5.74, 6) is 0.814. The number of ether oxygens (including phenoxy) is 1. The molecule has 0 aliphatic rings. The van der Waals surface area contributed by atoms with Gasteiger partial charge in [0.1, 0.15) is 5.75 Å². The van der Waals surface area contributed by atoms with Crippen LogP contribution in [-0.2, 0) is 0 Å². The van der Waals surface area contributed by atoms with E-state index in [9.17, 15) is 5.11 Å². The minimum Gasteiger partial charge on any atom is -0.497 e. The Bertz CT molecular complexity index is 821. The van der Waals surface area contributed by atoms with Gasteiger partial charge in [-0.15, -0.1) is 0 Å². The van der Waals surface area contributed by atoms with Crippen molar-refractivity contribution < 1.29 is 9.84 Å². The quantitative estimate of drug-likeness (QED) is 0.742. The third-order valence-corrected chi connectivity index (χ3v) is 4.36. The Morgan fingerprint density at radius 2 is 1.80 bits per heavy atom. The number of anilines is 1. The third kappa shape index (κ3) is 3.80. The van der Waals surface area contributed by atoms with Crippen LogP contribution in [0.1, 0.15) is 11.6 Å². The molecule has 1 N–H and O–H groups in total. The van der Waals surface area contributed by atoms with Crippen LogP contribution >= 0.6 is 0 Å². The van der Waals surface area contributed by atoms with Crippen molar-refractivity contribution in [1.82, 2.24) is 4.98 Å². The van der Waals surface area contributed by atoms with E-state index >= 15 is 0 Å². The van der Waals surface area contributed by atoms with Gasteiger partial charge in [0.2, 0.25) is 0 Å².